The molecule has 108 valence electrons. The third-order valence-electron chi connectivity index (χ3n) is 2.90. The highest BCUT2D eigenvalue weighted by Gasteiger charge is 2.14. The van der Waals surface area contributed by atoms with Crippen LogP contribution in [0.15, 0.2) is 29.9 Å². The number of fused-ring (bicyclic) bond motifs is 1. The summed E-state index contributed by atoms with van der Waals surface area (Å²) < 4.78 is 4.82. The first-order valence-electron chi connectivity index (χ1n) is 6.27. The summed E-state index contributed by atoms with van der Waals surface area (Å²) in [6, 6.07) is 0. The monoisotopic (exact) mass is 395 g/mol. The van der Waals surface area contributed by atoms with Crippen LogP contribution in [0.3, 0.4) is 0 Å². The van der Waals surface area contributed by atoms with Crippen LogP contribution >= 0.6 is 22.6 Å². The maximum atomic E-state index is 4.42. The minimum Gasteiger partial charge on any atom is -0.369 e. The second-order valence-electron chi connectivity index (χ2n) is 4.82. The minimum atomic E-state index is 0.667. The van der Waals surface area contributed by atoms with E-state index in [1.165, 1.54) is 6.33 Å². The lowest BCUT2D eigenvalue weighted by Gasteiger charge is -2.03. The van der Waals surface area contributed by atoms with Gasteiger partial charge >= 0.3 is 0 Å². The molecule has 0 aliphatic rings. The number of hydrogen-bond acceptors (Lipinski definition) is 4. The zero-order valence-electron chi connectivity index (χ0n) is 11.9. The molecular formula is C13H14IN7. The normalized spacial score (nSPS) is 11.6. The van der Waals surface area contributed by atoms with E-state index in [1.807, 2.05) is 43.0 Å². The molecule has 0 aliphatic heterocycles. The van der Waals surface area contributed by atoms with Crippen LogP contribution in [0.2, 0.25) is 0 Å². The van der Waals surface area contributed by atoms with Gasteiger partial charge in [0.1, 0.15) is 6.33 Å². The quantitative estimate of drug-likeness (QED) is 0.387. The molecule has 0 unspecified atom stereocenters. The molecule has 0 aromatic carbocycles. The Morgan fingerprint density at radius 3 is 2.76 bits per heavy atom. The van der Waals surface area contributed by atoms with Gasteiger partial charge < -0.3 is 4.90 Å². The van der Waals surface area contributed by atoms with E-state index in [9.17, 15) is 0 Å². The number of aryl methyl sites for hydroxylation is 1. The van der Waals surface area contributed by atoms with Crippen molar-refractivity contribution >= 4 is 45.8 Å². The summed E-state index contributed by atoms with van der Waals surface area (Å²) in [7, 11) is 5.74. The number of halogens is 1. The summed E-state index contributed by atoms with van der Waals surface area (Å²) in [4.78, 5) is 15.0. The number of hydrogen-bond donors (Lipinski definition) is 0. The summed E-state index contributed by atoms with van der Waals surface area (Å²) in [5.41, 5.74) is 1.79. The Morgan fingerprint density at radius 2 is 2.10 bits per heavy atom. The zero-order chi connectivity index (χ0) is 15.0. The molecule has 3 heterocycles. The molecule has 8 heteroatoms. The van der Waals surface area contributed by atoms with Crippen LogP contribution in [0.5, 0.6) is 0 Å². The standard InChI is InChI=1S/C13H14IN7/c1-19(2)8-17-12-11-10(14)6-21(13(11)16-7-15-12)9-4-18-20(3)5-9/h4-8H,1-3H3. The summed E-state index contributed by atoms with van der Waals surface area (Å²) >= 11 is 2.28. The van der Waals surface area contributed by atoms with Crippen LogP contribution in [0.25, 0.3) is 16.7 Å². The van der Waals surface area contributed by atoms with Gasteiger partial charge in [0.15, 0.2) is 11.5 Å². The fourth-order valence-corrected chi connectivity index (χ4v) is 2.76. The molecule has 3 aromatic rings. The minimum absolute atomic E-state index is 0.667. The lowest BCUT2D eigenvalue weighted by atomic mass is 10.4. The van der Waals surface area contributed by atoms with E-state index in [4.69, 9.17) is 0 Å². The predicted molar refractivity (Wildman–Crippen MR) is 90.2 cm³/mol. The fourth-order valence-electron chi connectivity index (χ4n) is 2.00. The van der Waals surface area contributed by atoms with Gasteiger partial charge in [-0.3, -0.25) is 9.25 Å². The first kappa shape index (κ1) is 14.0. The van der Waals surface area contributed by atoms with E-state index in [1.54, 1.807) is 17.2 Å². The first-order chi connectivity index (χ1) is 10.1. The van der Waals surface area contributed by atoms with Crippen LogP contribution in [0.1, 0.15) is 0 Å². The van der Waals surface area contributed by atoms with Crippen molar-refractivity contribution in [2.24, 2.45) is 12.0 Å². The Morgan fingerprint density at radius 1 is 1.29 bits per heavy atom. The highest BCUT2D eigenvalue weighted by Crippen LogP contribution is 2.30. The second kappa shape index (κ2) is 5.43. The molecule has 3 aromatic heterocycles. The van der Waals surface area contributed by atoms with Gasteiger partial charge in [0, 0.05) is 37.1 Å². The Balaban J connectivity index is 2.20. The SMILES string of the molecule is CN(C)C=Nc1ncnc2c1c(I)cn2-c1cnn(C)c1. The largest absolute Gasteiger partial charge is 0.369 e. The molecule has 0 spiro atoms. The Hall–Kier alpha value is -1.97. The van der Waals surface area contributed by atoms with Gasteiger partial charge in [0.05, 0.1) is 23.6 Å². The van der Waals surface area contributed by atoms with Gasteiger partial charge in [-0.05, 0) is 22.6 Å². The third kappa shape index (κ3) is 2.62. The van der Waals surface area contributed by atoms with Crippen LogP contribution in [-0.4, -0.2) is 49.6 Å². The highest BCUT2D eigenvalue weighted by atomic mass is 127. The van der Waals surface area contributed by atoms with Crippen molar-refractivity contribution in [3.63, 3.8) is 0 Å². The Bertz CT molecular complexity index is 815. The Kier molecular flexibility index (Phi) is 3.62. The highest BCUT2D eigenvalue weighted by molar-refractivity contribution is 14.1. The molecule has 0 aliphatic carbocycles. The predicted octanol–water partition coefficient (Wildman–Crippen LogP) is 1.98. The van der Waals surface area contributed by atoms with Crippen LogP contribution in [0.4, 0.5) is 5.82 Å². The number of rotatable bonds is 3. The van der Waals surface area contributed by atoms with Crippen molar-refractivity contribution < 1.29 is 0 Å². The van der Waals surface area contributed by atoms with Gasteiger partial charge in [-0.25, -0.2) is 15.0 Å². The zero-order valence-corrected chi connectivity index (χ0v) is 14.1. The second-order valence-corrected chi connectivity index (χ2v) is 5.99. The van der Waals surface area contributed by atoms with Crippen molar-refractivity contribution in [1.82, 2.24) is 29.2 Å². The number of nitrogens with zero attached hydrogens (tertiary/aromatic N) is 7. The van der Waals surface area contributed by atoms with Crippen LogP contribution in [0, 0.1) is 3.57 Å². The molecule has 0 saturated carbocycles. The summed E-state index contributed by atoms with van der Waals surface area (Å²) in [6.07, 6.45) is 9.04. The van der Waals surface area contributed by atoms with E-state index >= 15 is 0 Å². The maximum Gasteiger partial charge on any atom is 0.167 e. The van der Waals surface area contributed by atoms with Gasteiger partial charge in [-0.2, -0.15) is 5.10 Å². The third-order valence-corrected chi connectivity index (χ3v) is 3.71. The lowest BCUT2D eigenvalue weighted by molar-refractivity contribution is 0.643. The average Bonchev–Trinajstić information content (AvgIpc) is 3.01. The van der Waals surface area contributed by atoms with E-state index in [-0.39, 0.29) is 0 Å². The smallest absolute Gasteiger partial charge is 0.167 e. The molecule has 0 atom stereocenters. The number of aliphatic imine (C=N–C) groups is 1. The van der Waals surface area contributed by atoms with Crippen molar-refractivity contribution in [1.29, 1.82) is 0 Å². The van der Waals surface area contributed by atoms with Crippen molar-refractivity contribution in [3.05, 3.63) is 28.5 Å². The summed E-state index contributed by atoms with van der Waals surface area (Å²) in [5, 5.41) is 5.15. The van der Waals surface area contributed by atoms with Crippen molar-refractivity contribution in [2.45, 2.75) is 0 Å². The molecule has 0 fully saturated rings. The molecule has 21 heavy (non-hydrogen) atoms. The molecule has 0 radical (unpaired) electrons. The van der Waals surface area contributed by atoms with Crippen LogP contribution < -0.4 is 0 Å². The Labute approximate surface area is 135 Å². The molecule has 0 N–H and O–H groups in total. The van der Waals surface area contributed by atoms with E-state index in [0.29, 0.717) is 5.82 Å². The summed E-state index contributed by atoms with van der Waals surface area (Å²) in [5.74, 6) is 0.667. The van der Waals surface area contributed by atoms with Gasteiger partial charge in [-0.1, -0.05) is 0 Å². The van der Waals surface area contributed by atoms with Crippen molar-refractivity contribution in [3.8, 4) is 5.69 Å². The summed E-state index contributed by atoms with van der Waals surface area (Å²) in [6.45, 7) is 0. The maximum absolute atomic E-state index is 4.42. The molecule has 3 rings (SSSR count). The van der Waals surface area contributed by atoms with Gasteiger partial charge in [0.25, 0.3) is 0 Å². The first-order valence-corrected chi connectivity index (χ1v) is 7.35. The fraction of sp³-hybridized carbons (Fsp3) is 0.231. The van der Waals surface area contributed by atoms with E-state index in [2.05, 4.69) is 42.6 Å². The van der Waals surface area contributed by atoms with E-state index in [0.717, 1.165) is 20.3 Å². The molecule has 0 amide bonds. The topological polar surface area (TPSA) is 64.1 Å². The number of aromatic nitrogens is 5. The molecule has 0 saturated heterocycles. The molecule has 7 nitrogen and oxygen atoms in total. The molecular weight excluding hydrogens is 381 g/mol. The van der Waals surface area contributed by atoms with Gasteiger partial charge in [0.2, 0.25) is 0 Å². The van der Waals surface area contributed by atoms with Gasteiger partial charge in [-0.15, -0.1) is 0 Å². The van der Waals surface area contributed by atoms with Crippen molar-refractivity contribution in [2.75, 3.05) is 14.1 Å². The molecule has 0 bridgehead atoms. The van der Waals surface area contributed by atoms with Crippen LogP contribution in [-0.2, 0) is 7.05 Å². The van der Waals surface area contributed by atoms with E-state index < -0.39 is 0 Å². The lowest BCUT2D eigenvalue weighted by Crippen LogP contribution is -2.07. The average molecular weight is 395 g/mol.